The van der Waals surface area contributed by atoms with Gasteiger partial charge in [-0.05, 0) is 7.05 Å². The van der Waals surface area contributed by atoms with E-state index in [9.17, 15) is 9.59 Å². The maximum atomic E-state index is 11.3. The van der Waals surface area contributed by atoms with Crippen molar-refractivity contribution in [1.29, 1.82) is 0 Å². The number of likely N-dealkylation sites (N-methyl/N-ethyl adjacent to an activating group) is 1. The third kappa shape index (κ3) is 17.7. The summed E-state index contributed by atoms with van der Waals surface area (Å²) < 4.78 is 20.6. The molecule has 0 aromatic heterocycles. The fourth-order valence-corrected chi connectivity index (χ4v) is 1.47. The number of rotatable bonds is 16. The first-order chi connectivity index (χ1) is 10.7. The van der Waals surface area contributed by atoms with Gasteiger partial charge >= 0.3 is 0 Å². The Morgan fingerprint density at radius 3 is 1.91 bits per heavy atom. The summed E-state index contributed by atoms with van der Waals surface area (Å²) in [5.41, 5.74) is 0. The lowest BCUT2D eigenvalue weighted by molar-refractivity contribution is -0.127. The first-order valence-electron chi connectivity index (χ1n) is 7.07. The highest BCUT2D eigenvalue weighted by molar-refractivity contribution is 14.1. The van der Waals surface area contributed by atoms with E-state index in [0.717, 1.165) is 6.54 Å². The van der Waals surface area contributed by atoms with Crippen LogP contribution in [0.2, 0.25) is 0 Å². The lowest BCUT2D eigenvalue weighted by atomic mass is 10.6. The number of ether oxygens (including phenoxy) is 4. The molecule has 9 heteroatoms. The van der Waals surface area contributed by atoms with Crippen molar-refractivity contribution < 1.29 is 28.5 Å². The number of nitrogens with one attached hydrogen (secondary N) is 2. The Morgan fingerprint density at radius 1 is 0.818 bits per heavy atom. The van der Waals surface area contributed by atoms with E-state index in [1.54, 1.807) is 22.6 Å². The summed E-state index contributed by atoms with van der Waals surface area (Å²) in [6.45, 7) is 4.18. The molecule has 0 saturated heterocycles. The van der Waals surface area contributed by atoms with Gasteiger partial charge in [0, 0.05) is 35.7 Å². The summed E-state index contributed by atoms with van der Waals surface area (Å²) in [4.78, 5) is 21.8. The van der Waals surface area contributed by atoms with Crippen molar-refractivity contribution in [3.05, 3.63) is 0 Å². The molecule has 8 nitrogen and oxygen atoms in total. The van der Waals surface area contributed by atoms with Crippen molar-refractivity contribution in [2.75, 3.05) is 73.0 Å². The van der Waals surface area contributed by atoms with Crippen molar-refractivity contribution >= 4 is 32.3 Å². The van der Waals surface area contributed by atoms with Gasteiger partial charge in [0.15, 0.2) is 0 Å². The Kier molecular flexibility index (Phi) is 16.8. The molecule has 1 amide bonds. The second-order valence-corrected chi connectivity index (χ2v) is 5.34. The van der Waals surface area contributed by atoms with Crippen molar-refractivity contribution in [1.82, 2.24) is 10.6 Å². The molecule has 0 bridgehead atoms. The first kappa shape index (κ1) is 21.7. The molecule has 0 aliphatic heterocycles. The number of halogens is 1. The van der Waals surface area contributed by atoms with E-state index in [4.69, 9.17) is 18.9 Å². The molecule has 0 fully saturated rings. The van der Waals surface area contributed by atoms with Gasteiger partial charge in [0.1, 0.15) is 13.2 Å². The fourth-order valence-electron chi connectivity index (χ4n) is 1.25. The van der Waals surface area contributed by atoms with E-state index in [-0.39, 0.29) is 22.9 Å². The Morgan fingerprint density at radius 2 is 1.36 bits per heavy atom. The average molecular weight is 432 g/mol. The summed E-state index contributed by atoms with van der Waals surface area (Å²) in [7, 11) is 1.87. The monoisotopic (exact) mass is 432 g/mol. The Bertz CT molecular complexity index is 294. The van der Waals surface area contributed by atoms with Crippen LogP contribution >= 0.6 is 22.6 Å². The zero-order valence-electron chi connectivity index (χ0n) is 12.9. The van der Waals surface area contributed by atoms with Crippen LogP contribution in [0.25, 0.3) is 0 Å². The largest absolute Gasteiger partial charge is 0.378 e. The minimum absolute atomic E-state index is 0.0551. The van der Waals surface area contributed by atoms with Crippen LogP contribution in [0, 0.1) is 0 Å². The Balaban J connectivity index is 3.13. The molecule has 0 saturated carbocycles. The van der Waals surface area contributed by atoms with Gasteiger partial charge in [0.25, 0.3) is 0 Å². The molecule has 0 radical (unpaired) electrons. The summed E-state index contributed by atoms with van der Waals surface area (Å²) in [5.74, 6) is -0.267. The number of amides is 1. The molecule has 0 unspecified atom stereocenters. The van der Waals surface area contributed by atoms with E-state index >= 15 is 0 Å². The quantitative estimate of drug-likeness (QED) is 0.190. The molecule has 130 valence electrons. The van der Waals surface area contributed by atoms with Crippen LogP contribution in [0.3, 0.4) is 0 Å². The van der Waals surface area contributed by atoms with Crippen LogP contribution in [-0.4, -0.2) is 82.7 Å². The highest BCUT2D eigenvalue weighted by Gasteiger charge is 2.02. The summed E-state index contributed by atoms with van der Waals surface area (Å²) >= 11 is 1.61. The van der Waals surface area contributed by atoms with Gasteiger partial charge in [0.05, 0.1) is 39.6 Å². The van der Waals surface area contributed by atoms with Crippen LogP contribution in [0.1, 0.15) is 0 Å². The maximum Gasteiger partial charge on any atom is 0.246 e. The predicted octanol–water partition coefficient (Wildman–Crippen LogP) is -0.650. The number of carbonyl (C=O) groups is 2. The van der Waals surface area contributed by atoms with E-state index in [0.29, 0.717) is 46.2 Å². The third-order valence-corrected chi connectivity index (χ3v) is 2.57. The molecule has 0 aliphatic carbocycles. The van der Waals surface area contributed by atoms with Crippen molar-refractivity contribution in [2.45, 2.75) is 0 Å². The minimum atomic E-state index is -0.267. The summed E-state index contributed by atoms with van der Waals surface area (Å²) in [6, 6.07) is 0. The van der Waals surface area contributed by atoms with Crippen LogP contribution in [0.4, 0.5) is 0 Å². The molecule has 0 aromatic rings. The van der Waals surface area contributed by atoms with Crippen LogP contribution < -0.4 is 10.6 Å². The van der Waals surface area contributed by atoms with Gasteiger partial charge in [-0.2, -0.15) is 0 Å². The van der Waals surface area contributed by atoms with E-state index in [2.05, 4.69) is 10.6 Å². The zero-order chi connectivity index (χ0) is 16.5. The standard InChI is InChI=1S/C13H25IN2O6/c1-15-2-4-19-6-8-21-9-7-20-5-3-16-13(18)11-22-10-12(14)17/h15H,2-11H2,1H3,(H,16,18). The third-order valence-electron chi connectivity index (χ3n) is 2.26. The topological polar surface area (TPSA) is 95.1 Å². The van der Waals surface area contributed by atoms with Gasteiger partial charge in [-0.25, -0.2) is 0 Å². The van der Waals surface area contributed by atoms with Crippen LogP contribution in [-0.2, 0) is 28.5 Å². The Labute approximate surface area is 144 Å². The molecule has 0 aromatic carbocycles. The molecule has 0 spiro atoms. The zero-order valence-corrected chi connectivity index (χ0v) is 15.1. The van der Waals surface area contributed by atoms with Crippen LogP contribution in [0.15, 0.2) is 0 Å². The predicted molar refractivity (Wildman–Crippen MR) is 89.2 cm³/mol. The van der Waals surface area contributed by atoms with Gasteiger partial charge in [-0.1, -0.05) is 0 Å². The molecule has 22 heavy (non-hydrogen) atoms. The summed E-state index contributed by atoms with van der Waals surface area (Å²) in [5, 5.41) is 5.60. The lowest BCUT2D eigenvalue weighted by Crippen LogP contribution is -2.31. The second-order valence-electron chi connectivity index (χ2n) is 4.14. The lowest BCUT2D eigenvalue weighted by Gasteiger charge is -2.08. The molecule has 0 heterocycles. The second kappa shape index (κ2) is 17.0. The molecular formula is C13H25IN2O6. The summed E-state index contributed by atoms with van der Waals surface area (Å²) in [6.07, 6.45) is 0. The SMILES string of the molecule is CNCCOCCOCCOCCNC(=O)COCC(=O)I. The normalized spacial score (nSPS) is 10.6. The van der Waals surface area contributed by atoms with Crippen LogP contribution in [0.5, 0.6) is 0 Å². The number of hydrogen-bond acceptors (Lipinski definition) is 7. The van der Waals surface area contributed by atoms with E-state index in [1.165, 1.54) is 0 Å². The highest BCUT2D eigenvalue weighted by atomic mass is 127. The van der Waals surface area contributed by atoms with Gasteiger partial charge < -0.3 is 29.6 Å². The van der Waals surface area contributed by atoms with Crippen molar-refractivity contribution in [2.24, 2.45) is 0 Å². The van der Waals surface area contributed by atoms with E-state index < -0.39 is 0 Å². The highest BCUT2D eigenvalue weighted by Crippen LogP contribution is 1.86. The van der Waals surface area contributed by atoms with Gasteiger partial charge in [-0.15, -0.1) is 0 Å². The number of carbonyl (C=O) groups excluding carboxylic acids is 2. The molecule has 2 N–H and O–H groups in total. The fraction of sp³-hybridized carbons (Fsp3) is 0.846. The van der Waals surface area contributed by atoms with Crippen molar-refractivity contribution in [3.8, 4) is 0 Å². The van der Waals surface area contributed by atoms with E-state index in [1.807, 2.05) is 7.05 Å². The maximum absolute atomic E-state index is 11.3. The first-order valence-corrected chi connectivity index (χ1v) is 8.15. The van der Waals surface area contributed by atoms with Crippen molar-refractivity contribution in [3.63, 3.8) is 0 Å². The molecular weight excluding hydrogens is 407 g/mol. The van der Waals surface area contributed by atoms with Gasteiger partial charge in [-0.3, -0.25) is 9.59 Å². The minimum Gasteiger partial charge on any atom is -0.378 e. The van der Waals surface area contributed by atoms with Gasteiger partial charge in [0.2, 0.25) is 9.70 Å². The molecule has 0 atom stereocenters. The smallest absolute Gasteiger partial charge is 0.246 e. The molecule has 0 rings (SSSR count). The number of hydrogen-bond donors (Lipinski definition) is 2. The average Bonchev–Trinajstić information content (AvgIpc) is 2.48. The Hall–Kier alpha value is -0.330. The molecule has 0 aliphatic rings.